The number of carbonyl (C=O) groups excluding carboxylic acids is 2. The summed E-state index contributed by atoms with van der Waals surface area (Å²) in [7, 11) is 0. The minimum absolute atomic E-state index is 0.142. The monoisotopic (exact) mass is 434 g/mol. The van der Waals surface area contributed by atoms with E-state index in [1.54, 1.807) is 19.1 Å². The number of carbonyl (C=O) groups is 2. The maximum atomic E-state index is 12.2. The lowest BCUT2D eigenvalue weighted by atomic mass is 10.2. The molecule has 9 heteroatoms. The van der Waals surface area contributed by atoms with Gasteiger partial charge in [0.1, 0.15) is 0 Å². The van der Waals surface area contributed by atoms with Gasteiger partial charge in [0.05, 0.1) is 23.3 Å². The number of hydrazone groups is 1. The van der Waals surface area contributed by atoms with Gasteiger partial charge in [-0.1, -0.05) is 6.07 Å². The van der Waals surface area contributed by atoms with Crippen molar-refractivity contribution in [3.8, 4) is 5.69 Å². The van der Waals surface area contributed by atoms with E-state index in [0.29, 0.717) is 12.2 Å². The highest BCUT2D eigenvalue weighted by atomic mass is 16.6. The Bertz CT molecular complexity index is 1200. The summed E-state index contributed by atoms with van der Waals surface area (Å²) in [6.45, 7) is 5.92. The predicted molar refractivity (Wildman–Crippen MR) is 119 cm³/mol. The van der Waals surface area contributed by atoms with Crippen LogP contribution in [0.4, 0.5) is 5.69 Å². The summed E-state index contributed by atoms with van der Waals surface area (Å²) in [6.07, 6.45) is 1.51. The molecule has 2 aromatic carbocycles. The number of amides is 1. The first-order valence-corrected chi connectivity index (χ1v) is 9.86. The number of ether oxygens (including phenoxy) is 1. The number of esters is 1. The van der Waals surface area contributed by atoms with Crippen LogP contribution in [0.3, 0.4) is 0 Å². The van der Waals surface area contributed by atoms with Gasteiger partial charge in [-0.2, -0.15) is 5.10 Å². The van der Waals surface area contributed by atoms with Crippen LogP contribution in [0.2, 0.25) is 0 Å². The SMILES string of the molecule is CCOC(=O)c1ccc(-n2c(C)cc(/C=N\NC(=O)c3cccc([N+](=O)[O-])c3)c2C)cc1. The fraction of sp³-hybridized carbons (Fsp3) is 0.174. The Labute approximate surface area is 184 Å². The van der Waals surface area contributed by atoms with Crippen molar-refractivity contribution in [2.45, 2.75) is 20.8 Å². The fourth-order valence-electron chi connectivity index (χ4n) is 3.26. The molecular weight excluding hydrogens is 412 g/mol. The first-order chi connectivity index (χ1) is 15.3. The van der Waals surface area contributed by atoms with Gasteiger partial charge in [0.15, 0.2) is 0 Å². The van der Waals surface area contributed by atoms with Crippen LogP contribution in [0.15, 0.2) is 59.7 Å². The lowest BCUT2D eigenvalue weighted by Gasteiger charge is -2.10. The number of nitro benzene ring substituents is 1. The van der Waals surface area contributed by atoms with E-state index < -0.39 is 10.8 Å². The molecule has 1 N–H and O–H groups in total. The van der Waals surface area contributed by atoms with Crippen LogP contribution in [0.1, 0.15) is 44.6 Å². The van der Waals surface area contributed by atoms with Crippen molar-refractivity contribution in [1.82, 2.24) is 9.99 Å². The van der Waals surface area contributed by atoms with E-state index in [-0.39, 0.29) is 17.2 Å². The maximum Gasteiger partial charge on any atom is 0.338 e. The number of nitrogens with one attached hydrogen (secondary N) is 1. The Morgan fingerprint density at radius 1 is 1.12 bits per heavy atom. The first-order valence-electron chi connectivity index (χ1n) is 9.86. The Kier molecular flexibility index (Phi) is 6.79. The zero-order valence-corrected chi connectivity index (χ0v) is 17.9. The molecule has 0 atom stereocenters. The number of hydrogen-bond acceptors (Lipinski definition) is 6. The van der Waals surface area contributed by atoms with Crippen LogP contribution in [0.5, 0.6) is 0 Å². The maximum absolute atomic E-state index is 12.2. The summed E-state index contributed by atoms with van der Waals surface area (Å²) < 4.78 is 7.01. The molecule has 1 heterocycles. The van der Waals surface area contributed by atoms with E-state index in [0.717, 1.165) is 22.6 Å². The molecule has 3 aromatic rings. The second kappa shape index (κ2) is 9.69. The van der Waals surface area contributed by atoms with Gasteiger partial charge in [-0.15, -0.1) is 0 Å². The molecule has 0 unspecified atom stereocenters. The smallest absolute Gasteiger partial charge is 0.338 e. The number of non-ortho nitro benzene ring substituents is 1. The number of rotatable bonds is 7. The molecular formula is C23H22N4O5. The van der Waals surface area contributed by atoms with E-state index in [1.165, 1.54) is 30.5 Å². The van der Waals surface area contributed by atoms with Gasteiger partial charge < -0.3 is 9.30 Å². The molecule has 3 rings (SSSR count). The van der Waals surface area contributed by atoms with Crippen LogP contribution >= 0.6 is 0 Å². The summed E-state index contributed by atoms with van der Waals surface area (Å²) in [4.78, 5) is 34.4. The predicted octanol–water partition coefficient (Wildman–Crippen LogP) is 3.94. The molecule has 9 nitrogen and oxygen atoms in total. The first kappa shape index (κ1) is 22.4. The van der Waals surface area contributed by atoms with Gasteiger partial charge in [0.2, 0.25) is 0 Å². The molecule has 0 saturated carbocycles. The second-order valence-electron chi connectivity index (χ2n) is 6.94. The molecule has 0 aliphatic heterocycles. The highest BCUT2D eigenvalue weighted by molar-refractivity contribution is 5.95. The van der Waals surface area contributed by atoms with Crippen LogP contribution in [-0.4, -0.2) is 34.2 Å². The lowest BCUT2D eigenvalue weighted by Crippen LogP contribution is -2.17. The molecule has 0 saturated heterocycles. The van der Waals surface area contributed by atoms with E-state index in [9.17, 15) is 19.7 Å². The second-order valence-corrected chi connectivity index (χ2v) is 6.94. The largest absolute Gasteiger partial charge is 0.462 e. The zero-order chi connectivity index (χ0) is 23.3. The third kappa shape index (κ3) is 4.89. The molecule has 164 valence electrons. The number of nitrogens with zero attached hydrogens (tertiary/aromatic N) is 3. The molecule has 1 aromatic heterocycles. The van der Waals surface area contributed by atoms with Gasteiger partial charge >= 0.3 is 5.97 Å². The van der Waals surface area contributed by atoms with Crippen molar-refractivity contribution in [3.05, 3.63) is 92.8 Å². The highest BCUT2D eigenvalue weighted by Gasteiger charge is 2.13. The normalized spacial score (nSPS) is 10.8. The van der Waals surface area contributed by atoms with Crippen molar-refractivity contribution < 1.29 is 19.2 Å². The summed E-state index contributed by atoms with van der Waals surface area (Å²) in [5, 5.41) is 14.9. The van der Waals surface area contributed by atoms with Gasteiger partial charge in [0, 0.05) is 40.3 Å². The fourth-order valence-corrected chi connectivity index (χ4v) is 3.26. The molecule has 0 aliphatic carbocycles. The van der Waals surface area contributed by atoms with Crippen LogP contribution in [0.25, 0.3) is 5.69 Å². The minimum atomic E-state index is -0.561. The molecule has 0 aliphatic rings. The van der Waals surface area contributed by atoms with E-state index in [4.69, 9.17) is 4.74 Å². The van der Waals surface area contributed by atoms with Crippen LogP contribution < -0.4 is 5.43 Å². The number of hydrogen-bond donors (Lipinski definition) is 1. The summed E-state index contributed by atoms with van der Waals surface area (Å²) in [6, 6.07) is 14.4. The van der Waals surface area contributed by atoms with Crippen LogP contribution in [0, 0.1) is 24.0 Å². The highest BCUT2D eigenvalue weighted by Crippen LogP contribution is 2.20. The third-order valence-electron chi connectivity index (χ3n) is 4.80. The average molecular weight is 434 g/mol. The molecule has 1 amide bonds. The van der Waals surface area contributed by atoms with E-state index >= 15 is 0 Å². The molecule has 0 spiro atoms. The number of aromatic nitrogens is 1. The molecule has 32 heavy (non-hydrogen) atoms. The summed E-state index contributed by atoms with van der Waals surface area (Å²) in [5.74, 6) is -0.916. The Morgan fingerprint density at radius 2 is 1.84 bits per heavy atom. The van der Waals surface area contributed by atoms with Gasteiger partial charge in [-0.05, 0) is 57.2 Å². The van der Waals surface area contributed by atoms with Gasteiger partial charge in [-0.25, -0.2) is 10.2 Å². The van der Waals surface area contributed by atoms with Gasteiger partial charge in [0.25, 0.3) is 11.6 Å². The number of aryl methyl sites for hydroxylation is 1. The molecule has 0 fully saturated rings. The Balaban J connectivity index is 1.75. The number of benzene rings is 2. The van der Waals surface area contributed by atoms with Crippen LogP contribution in [-0.2, 0) is 4.74 Å². The standard InChI is InChI=1S/C23H22N4O5/c1-4-32-23(29)17-8-10-20(11-9-17)26-15(2)12-19(16(26)3)14-24-25-22(28)18-6-5-7-21(13-18)27(30)31/h5-14H,4H2,1-3H3,(H,25,28)/b24-14-. The summed E-state index contributed by atoms with van der Waals surface area (Å²) >= 11 is 0. The average Bonchev–Trinajstić information content (AvgIpc) is 3.07. The molecule has 0 radical (unpaired) electrons. The minimum Gasteiger partial charge on any atom is -0.462 e. The molecule has 0 bridgehead atoms. The topological polar surface area (TPSA) is 116 Å². The van der Waals surface area contributed by atoms with Crippen molar-refractivity contribution >= 4 is 23.8 Å². The summed E-state index contributed by atoms with van der Waals surface area (Å²) in [5.41, 5.74) is 6.33. The van der Waals surface area contributed by atoms with Crippen molar-refractivity contribution in [2.24, 2.45) is 5.10 Å². The Morgan fingerprint density at radius 3 is 2.50 bits per heavy atom. The van der Waals surface area contributed by atoms with E-state index in [1.807, 2.05) is 36.6 Å². The lowest BCUT2D eigenvalue weighted by molar-refractivity contribution is -0.384. The number of nitro groups is 1. The van der Waals surface area contributed by atoms with Crippen molar-refractivity contribution in [3.63, 3.8) is 0 Å². The van der Waals surface area contributed by atoms with Gasteiger partial charge in [-0.3, -0.25) is 14.9 Å². The Hall–Kier alpha value is -4.27. The van der Waals surface area contributed by atoms with Crippen molar-refractivity contribution in [1.29, 1.82) is 0 Å². The van der Waals surface area contributed by atoms with Crippen molar-refractivity contribution in [2.75, 3.05) is 6.61 Å². The quantitative estimate of drug-likeness (QED) is 0.262. The zero-order valence-electron chi connectivity index (χ0n) is 17.9. The van der Waals surface area contributed by atoms with E-state index in [2.05, 4.69) is 10.5 Å². The third-order valence-corrected chi connectivity index (χ3v) is 4.80.